The van der Waals surface area contributed by atoms with Crippen LogP contribution >= 0.6 is 11.8 Å². The topological polar surface area (TPSA) is 0 Å². The van der Waals surface area contributed by atoms with E-state index >= 15 is 0 Å². The van der Waals surface area contributed by atoms with Crippen molar-refractivity contribution in [3.8, 4) is 0 Å². The lowest BCUT2D eigenvalue weighted by atomic mass is 10.3. The monoisotopic (exact) mass is 184 g/mol. The van der Waals surface area contributed by atoms with Gasteiger partial charge in [-0.25, -0.2) is 0 Å². The third-order valence-electron chi connectivity index (χ3n) is 1.83. The Kier molecular flexibility index (Phi) is 7.37. The molecule has 0 rings (SSSR count). The van der Waals surface area contributed by atoms with Gasteiger partial charge in [0.2, 0.25) is 0 Å². The van der Waals surface area contributed by atoms with E-state index in [1.54, 1.807) is 0 Å². The highest BCUT2D eigenvalue weighted by atomic mass is 32.2. The van der Waals surface area contributed by atoms with Crippen molar-refractivity contribution in [2.45, 2.75) is 45.8 Å². The van der Waals surface area contributed by atoms with E-state index in [-0.39, 0.29) is 0 Å². The summed E-state index contributed by atoms with van der Waals surface area (Å²) in [5.74, 6) is 0. The highest BCUT2D eigenvalue weighted by molar-refractivity contribution is 8.03. The molecule has 0 aliphatic carbocycles. The van der Waals surface area contributed by atoms with E-state index in [0.717, 1.165) is 5.25 Å². The molecule has 70 valence electrons. The molecule has 0 heterocycles. The summed E-state index contributed by atoms with van der Waals surface area (Å²) in [6, 6.07) is 0. The smallest absolute Gasteiger partial charge is 0.00890 e. The Hall–Kier alpha value is -0.170. The van der Waals surface area contributed by atoms with Gasteiger partial charge in [0, 0.05) is 10.2 Å². The van der Waals surface area contributed by atoms with Crippen LogP contribution in [-0.4, -0.2) is 5.25 Å². The molecular weight excluding hydrogens is 164 g/mol. The second-order valence-corrected chi connectivity index (χ2v) is 4.12. The van der Waals surface area contributed by atoms with E-state index < -0.39 is 0 Å². The molecule has 12 heavy (non-hydrogen) atoms. The average molecular weight is 184 g/mol. The first kappa shape index (κ1) is 11.8. The van der Waals surface area contributed by atoms with Crippen molar-refractivity contribution in [1.29, 1.82) is 0 Å². The summed E-state index contributed by atoms with van der Waals surface area (Å²) < 4.78 is 0. The number of hydrogen-bond acceptors (Lipinski definition) is 1. The Morgan fingerprint density at radius 2 is 1.83 bits per heavy atom. The maximum absolute atomic E-state index is 2.25. The minimum atomic E-state index is 0.785. The van der Waals surface area contributed by atoms with Gasteiger partial charge in [-0.2, -0.15) is 0 Å². The SMILES string of the molecule is C/C=C\C(=C/C)SC(CC)CC. The van der Waals surface area contributed by atoms with Crippen LogP contribution in [0.25, 0.3) is 0 Å². The fraction of sp³-hybridized carbons (Fsp3) is 0.636. The van der Waals surface area contributed by atoms with E-state index in [2.05, 4.69) is 45.9 Å². The molecule has 0 aromatic carbocycles. The van der Waals surface area contributed by atoms with Gasteiger partial charge in [-0.3, -0.25) is 0 Å². The summed E-state index contributed by atoms with van der Waals surface area (Å²) >= 11 is 1.99. The van der Waals surface area contributed by atoms with Crippen LogP contribution in [0.3, 0.4) is 0 Å². The molecule has 0 aliphatic rings. The maximum atomic E-state index is 2.25. The second kappa shape index (κ2) is 7.48. The zero-order valence-corrected chi connectivity index (χ0v) is 9.45. The molecule has 0 aromatic heterocycles. The normalized spacial score (nSPS) is 13.2. The Bertz CT molecular complexity index is 152. The van der Waals surface area contributed by atoms with Gasteiger partial charge in [0.15, 0.2) is 0 Å². The van der Waals surface area contributed by atoms with Crippen LogP contribution in [0.4, 0.5) is 0 Å². The Balaban J connectivity index is 4.01. The summed E-state index contributed by atoms with van der Waals surface area (Å²) in [5.41, 5.74) is 0. The molecule has 0 atom stereocenters. The van der Waals surface area contributed by atoms with Crippen molar-refractivity contribution in [3.63, 3.8) is 0 Å². The largest absolute Gasteiger partial charge is 0.123 e. The Morgan fingerprint density at radius 1 is 1.25 bits per heavy atom. The first-order chi connectivity index (χ1) is 5.78. The second-order valence-electron chi connectivity index (χ2n) is 2.75. The molecular formula is C11H20S. The van der Waals surface area contributed by atoms with Crippen LogP contribution in [0.15, 0.2) is 23.1 Å². The highest BCUT2D eigenvalue weighted by Crippen LogP contribution is 2.26. The molecule has 0 saturated carbocycles. The van der Waals surface area contributed by atoms with E-state index in [1.165, 1.54) is 17.7 Å². The van der Waals surface area contributed by atoms with Crippen molar-refractivity contribution < 1.29 is 0 Å². The maximum Gasteiger partial charge on any atom is 0.00890 e. The van der Waals surface area contributed by atoms with Gasteiger partial charge in [0.25, 0.3) is 0 Å². The van der Waals surface area contributed by atoms with Crippen LogP contribution in [0.2, 0.25) is 0 Å². The van der Waals surface area contributed by atoms with E-state index in [4.69, 9.17) is 0 Å². The highest BCUT2D eigenvalue weighted by Gasteiger charge is 2.04. The molecule has 0 unspecified atom stereocenters. The molecule has 0 aliphatic heterocycles. The van der Waals surface area contributed by atoms with Crippen LogP contribution in [-0.2, 0) is 0 Å². The summed E-state index contributed by atoms with van der Waals surface area (Å²) in [6.45, 7) is 8.68. The van der Waals surface area contributed by atoms with Gasteiger partial charge >= 0.3 is 0 Å². The quantitative estimate of drug-likeness (QED) is 0.571. The minimum absolute atomic E-state index is 0.785. The number of thioether (sulfide) groups is 1. The predicted octanol–water partition coefficient (Wildman–Crippen LogP) is 4.39. The summed E-state index contributed by atoms with van der Waals surface area (Å²) in [4.78, 5) is 1.39. The van der Waals surface area contributed by atoms with Crippen molar-refractivity contribution in [1.82, 2.24) is 0 Å². The van der Waals surface area contributed by atoms with Gasteiger partial charge in [-0.1, -0.05) is 32.1 Å². The standard InChI is InChI=1S/C11H20S/c1-5-9-11(8-4)12-10(6-2)7-3/h5,8-10H,6-7H2,1-4H3/b9-5-,11-8+. The summed E-state index contributed by atoms with van der Waals surface area (Å²) in [6.07, 6.45) is 8.99. The van der Waals surface area contributed by atoms with Crippen LogP contribution in [0.1, 0.15) is 40.5 Å². The molecule has 0 bridgehead atoms. The van der Waals surface area contributed by atoms with E-state index in [9.17, 15) is 0 Å². The number of rotatable bonds is 5. The van der Waals surface area contributed by atoms with E-state index in [0.29, 0.717) is 0 Å². The lowest BCUT2D eigenvalue weighted by Gasteiger charge is -2.11. The third-order valence-corrected chi connectivity index (χ3v) is 3.47. The molecule has 0 radical (unpaired) electrons. The Morgan fingerprint density at radius 3 is 2.17 bits per heavy atom. The lowest BCUT2D eigenvalue weighted by molar-refractivity contribution is 0.795. The minimum Gasteiger partial charge on any atom is -0.123 e. The molecule has 1 heteroatoms. The third kappa shape index (κ3) is 4.66. The molecule has 0 fully saturated rings. The fourth-order valence-electron chi connectivity index (χ4n) is 1.02. The summed E-state index contributed by atoms with van der Waals surface area (Å²) in [5, 5.41) is 0.785. The lowest BCUT2D eigenvalue weighted by Crippen LogP contribution is -1.97. The van der Waals surface area contributed by atoms with Gasteiger partial charge in [0.1, 0.15) is 0 Å². The molecule has 0 nitrogen and oxygen atoms in total. The number of hydrogen-bond donors (Lipinski definition) is 0. The zero-order chi connectivity index (χ0) is 9.40. The molecule has 0 spiro atoms. The van der Waals surface area contributed by atoms with Crippen molar-refractivity contribution in [2.24, 2.45) is 0 Å². The van der Waals surface area contributed by atoms with E-state index in [1.807, 2.05) is 11.8 Å². The first-order valence-electron chi connectivity index (χ1n) is 4.74. The van der Waals surface area contributed by atoms with Crippen LogP contribution in [0.5, 0.6) is 0 Å². The summed E-state index contributed by atoms with van der Waals surface area (Å²) in [7, 11) is 0. The van der Waals surface area contributed by atoms with Crippen molar-refractivity contribution in [2.75, 3.05) is 0 Å². The molecule has 0 aromatic rings. The zero-order valence-electron chi connectivity index (χ0n) is 8.63. The van der Waals surface area contributed by atoms with Crippen molar-refractivity contribution in [3.05, 3.63) is 23.1 Å². The number of allylic oxidation sites excluding steroid dienone is 3. The van der Waals surface area contributed by atoms with Gasteiger partial charge in [-0.15, -0.1) is 11.8 Å². The molecule has 0 saturated heterocycles. The predicted molar refractivity (Wildman–Crippen MR) is 60.5 cm³/mol. The van der Waals surface area contributed by atoms with Gasteiger partial charge in [-0.05, 0) is 26.7 Å². The van der Waals surface area contributed by atoms with Gasteiger partial charge in [0.05, 0.1) is 0 Å². The van der Waals surface area contributed by atoms with Gasteiger partial charge < -0.3 is 0 Å². The molecule has 0 amide bonds. The Labute approximate surface area is 81.1 Å². The van der Waals surface area contributed by atoms with Crippen LogP contribution < -0.4 is 0 Å². The fourth-order valence-corrected chi connectivity index (χ4v) is 2.08. The average Bonchev–Trinajstić information content (AvgIpc) is 2.12. The molecule has 0 N–H and O–H groups in total. The van der Waals surface area contributed by atoms with Crippen LogP contribution in [0, 0.1) is 0 Å². The first-order valence-corrected chi connectivity index (χ1v) is 5.62. The van der Waals surface area contributed by atoms with Crippen molar-refractivity contribution >= 4 is 11.8 Å².